The summed E-state index contributed by atoms with van der Waals surface area (Å²) in [6.07, 6.45) is 2.10. The van der Waals surface area contributed by atoms with Crippen molar-refractivity contribution >= 4 is 5.91 Å². The zero-order chi connectivity index (χ0) is 17.1. The van der Waals surface area contributed by atoms with Gasteiger partial charge < -0.3 is 10.0 Å². The Morgan fingerprint density at radius 1 is 1.38 bits per heavy atom. The van der Waals surface area contributed by atoms with Crippen LogP contribution in [0.2, 0.25) is 0 Å². The van der Waals surface area contributed by atoms with Gasteiger partial charge in [-0.2, -0.15) is 5.10 Å². The van der Waals surface area contributed by atoms with E-state index in [1.54, 1.807) is 6.07 Å². The summed E-state index contributed by atoms with van der Waals surface area (Å²) in [6.45, 7) is 6.14. The van der Waals surface area contributed by atoms with Gasteiger partial charge in [0.05, 0.1) is 6.61 Å². The third-order valence-corrected chi connectivity index (χ3v) is 4.56. The fourth-order valence-corrected chi connectivity index (χ4v) is 3.36. The van der Waals surface area contributed by atoms with Crippen LogP contribution < -0.4 is 0 Å². The molecule has 24 heavy (non-hydrogen) atoms. The molecule has 3 rings (SSSR count). The van der Waals surface area contributed by atoms with E-state index in [0.29, 0.717) is 11.5 Å². The summed E-state index contributed by atoms with van der Waals surface area (Å²) in [6, 6.07) is 7.24. The maximum atomic E-state index is 12.7. The SMILES string of the molecule is Cc1nc(C)n(CC2CCCN(C(=O)c3cccc(CO)c3)C2)n1. The van der Waals surface area contributed by atoms with E-state index in [-0.39, 0.29) is 12.5 Å². The quantitative estimate of drug-likeness (QED) is 0.931. The second-order valence-electron chi connectivity index (χ2n) is 6.51. The van der Waals surface area contributed by atoms with Crippen molar-refractivity contribution in [3.8, 4) is 0 Å². The molecular weight excluding hydrogens is 304 g/mol. The van der Waals surface area contributed by atoms with E-state index in [1.807, 2.05) is 41.6 Å². The van der Waals surface area contributed by atoms with Crippen LogP contribution in [0, 0.1) is 19.8 Å². The van der Waals surface area contributed by atoms with Crippen molar-refractivity contribution in [3.63, 3.8) is 0 Å². The highest BCUT2D eigenvalue weighted by molar-refractivity contribution is 5.94. The van der Waals surface area contributed by atoms with E-state index in [9.17, 15) is 9.90 Å². The number of hydrogen-bond acceptors (Lipinski definition) is 4. The molecule has 1 aliphatic rings. The van der Waals surface area contributed by atoms with Gasteiger partial charge in [-0.1, -0.05) is 12.1 Å². The van der Waals surface area contributed by atoms with Gasteiger partial charge >= 0.3 is 0 Å². The molecule has 6 heteroatoms. The molecule has 1 amide bonds. The predicted octanol–water partition coefficient (Wildman–Crippen LogP) is 1.94. The van der Waals surface area contributed by atoms with Gasteiger partial charge in [0, 0.05) is 25.2 Å². The number of rotatable bonds is 4. The van der Waals surface area contributed by atoms with Crippen molar-refractivity contribution < 1.29 is 9.90 Å². The largest absolute Gasteiger partial charge is 0.392 e. The molecule has 0 saturated carbocycles. The first-order chi connectivity index (χ1) is 11.6. The summed E-state index contributed by atoms with van der Waals surface area (Å²) < 4.78 is 1.94. The molecule has 0 radical (unpaired) electrons. The Labute approximate surface area is 142 Å². The molecule has 1 aromatic carbocycles. The molecular formula is C18H24N4O2. The number of aryl methyl sites for hydroxylation is 2. The number of carbonyl (C=O) groups excluding carboxylic acids is 1. The number of aromatic nitrogens is 3. The molecule has 0 spiro atoms. The zero-order valence-corrected chi connectivity index (χ0v) is 14.3. The summed E-state index contributed by atoms with van der Waals surface area (Å²) in [5.41, 5.74) is 1.41. The van der Waals surface area contributed by atoms with Crippen molar-refractivity contribution in [1.29, 1.82) is 0 Å². The van der Waals surface area contributed by atoms with Crippen LogP contribution >= 0.6 is 0 Å². The van der Waals surface area contributed by atoms with Crippen molar-refractivity contribution in [2.45, 2.75) is 39.8 Å². The lowest BCUT2D eigenvalue weighted by Crippen LogP contribution is -2.41. The molecule has 1 fully saturated rings. The van der Waals surface area contributed by atoms with Gasteiger partial charge in [0.2, 0.25) is 0 Å². The lowest BCUT2D eigenvalue weighted by molar-refractivity contribution is 0.0659. The number of aliphatic hydroxyl groups is 1. The van der Waals surface area contributed by atoms with Crippen molar-refractivity contribution in [2.24, 2.45) is 5.92 Å². The van der Waals surface area contributed by atoms with Gasteiger partial charge in [0.1, 0.15) is 11.6 Å². The number of carbonyl (C=O) groups is 1. The first kappa shape index (κ1) is 16.6. The number of aliphatic hydroxyl groups excluding tert-OH is 1. The standard InChI is InChI=1S/C18H24N4O2/c1-13-19-14(2)22(20-13)11-16-6-4-8-21(10-16)18(24)17-7-3-5-15(9-17)12-23/h3,5,7,9,16,23H,4,6,8,10-12H2,1-2H3. The first-order valence-electron chi connectivity index (χ1n) is 8.44. The number of piperidine rings is 1. The van der Waals surface area contributed by atoms with E-state index in [0.717, 1.165) is 49.7 Å². The van der Waals surface area contributed by atoms with Crippen molar-refractivity contribution in [3.05, 3.63) is 47.0 Å². The Kier molecular flexibility index (Phi) is 4.94. The third-order valence-electron chi connectivity index (χ3n) is 4.56. The van der Waals surface area contributed by atoms with Crippen LogP contribution in [0.5, 0.6) is 0 Å². The second kappa shape index (κ2) is 7.13. The summed E-state index contributed by atoms with van der Waals surface area (Å²) in [7, 11) is 0. The van der Waals surface area contributed by atoms with E-state index < -0.39 is 0 Å². The highest BCUT2D eigenvalue weighted by Gasteiger charge is 2.25. The predicted molar refractivity (Wildman–Crippen MR) is 90.5 cm³/mol. The van der Waals surface area contributed by atoms with Crippen LogP contribution in [0.1, 0.15) is 40.4 Å². The minimum absolute atomic E-state index is 0.0430. The van der Waals surface area contributed by atoms with Crippen molar-refractivity contribution in [2.75, 3.05) is 13.1 Å². The van der Waals surface area contributed by atoms with Crippen LogP contribution in [-0.2, 0) is 13.2 Å². The van der Waals surface area contributed by atoms with Gasteiger partial charge in [-0.3, -0.25) is 4.79 Å². The number of benzene rings is 1. The van der Waals surface area contributed by atoms with Crippen LogP contribution in [0.3, 0.4) is 0 Å². The molecule has 128 valence electrons. The minimum Gasteiger partial charge on any atom is -0.392 e. The summed E-state index contributed by atoms with van der Waals surface area (Å²) in [5.74, 6) is 2.15. The highest BCUT2D eigenvalue weighted by Crippen LogP contribution is 2.21. The fraction of sp³-hybridized carbons (Fsp3) is 0.500. The second-order valence-corrected chi connectivity index (χ2v) is 6.51. The topological polar surface area (TPSA) is 71.2 Å². The molecule has 1 saturated heterocycles. The molecule has 0 bridgehead atoms. The van der Waals surface area contributed by atoms with Gasteiger partial charge in [-0.05, 0) is 50.3 Å². The van der Waals surface area contributed by atoms with Crippen LogP contribution in [0.4, 0.5) is 0 Å². The number of amides is 1. The zero-order valence-electron chi connectivity index (χ0n) is 14.3. The van der Waals surface area contributed by atoms with Gasteiger partial charge in [-0.25, -0.2) is 9.67 Å². The van der Waals surface area contributed by atoms with E-state index in [2.05, 4.69) is 10.1 Å². The molecule has 0 aliphatic carbocycles. The average molecular weight is 328 g/mol. The molecule has 1 atom stereocenters. The maximum Gasteiger partial charge on any atom is 0.253 e. The molecule has 2 aromatic rings. The van der Waals surface area contributed by atoms with Crippen LogP contribution in [0.25, 0.3) is 0 Å². The smallest absolute Gasteiger partial charge is 0.253 e. The molecule has 2 heterocycles. The number of likely N-dealkylation sites (tertiary alicyclic amines) is 1. The van der Waals surface area contributed by atoms with Crippen molar-refractivity contribution in [1.82, 2.24) is 19.7 Å². The number of hydrogen-bond donors (Lipinski definition) is 1. The van der Waals surface area contributed by atoms with E-state index in [4.69, 9.17) is 0 Å². The molecule has 6 nitrogen and oxygen atoms in total. The van der Waals surface area contributed by atoms with E-state index in [1.165, 1.54) is 0 Å². The van der Waals surface area contributed by atoms with E-state index >= 15 is 0 Å². The average Bonchev–Trinajstić information content (AvgIpc) is 2.91. The molecule has 1 aromatic heterocycles. The first-order valence-corrected chi connectivity index (χ1v) is 8.44. The third kappa shape index (κ3) is 3.64. The minimum atomic E-state index is -0.0470. The van der Waals surface area contributed by atoms with Gasteiger partial charge in [0.25, 0.3) is 5.91 Å². The van der Waals surface area contributed by atoms with Crippen LogP contribution in [0.15, 0.2) is 24.3 Å². The highest BCUT2D eigenvalue weighted by atomic mass is 16.3. The molecule has 1 unspecified atom stereocenters. The maximum absolute atomic E-state index is 12.7. The Morgan fingerprint density at radius 3 is 2.92 bits per heavy atom. The molecule has 1 aliphatic heterocycles. The normalized spacial score (nSPS) is 18.0. The monoisotopic (exact) mass is 328 g/mol. The Balaban J connectivity index is 1.68. The Morgan fingerprint density at radius 2 is 2.21 bits per heavy atom. The lowest BCUT2D eigenvalue weighted by atomic mass is 9.97. The fourth-order valence-electron chi connectivity index (χ4n) is 3.36. The van der Waals surface area contributed by atoms with Gasteiger partial charge in [0.15, 0.2) is 0 Å². The Hall–Kier alpha value is -2.21. The summed E-state index contributed by atoms with van der Waals surface area (Å²) >= 11 is 0. The van der Waals surface area contributed by atoms with Crippen LogP contribution in [-0.4, -0.2) is 43.8 Å². The molecule has 1 N–H and O–H groups in total. The number of nitrogens with zero attached hydrogens (tertiary/aromatic N) is 4. The Bertz CT molecular complexity index is 726. The van der Waals surface area contributed by atoms with Gasteiger partial charge in [-0.15, -0.1) is 0 Å². The summed E-state index contributed by atoms with van der Waals surface area (Å²) in [5, 5.41) is 13.7. The lowest BCUT2D eigenvalue weighted by Gasteiger charge is -2.33. The summed E-state index contributed by atoms with van der Waals surface area (Å²) in [4.78, 5) is 19.0.